The normalized spacial score (nSPS) is 12.3. The minimum Gasteiger partial charge on any atom is -0.349 e. The van der Waals surface area contributed by atoms with Crippen molar-refractivity contribution in [3.63, 3.8) is 0 Å². The Morgan fingerprint density at radius 2 is 1.97 bits per heavy atom. The predicted octanol–water partition coefficient (Wildman–Crippen LogP) is 3.89. The summed E-state index contributed by atoms with van der Waals surface area (Å²) in [5.41, 5.74) is 0.510. The van der Waals surface area contributed by atoms with Crippen LogP contribution in [0.2, 0.25) is 5.02 Å². The molecule has 1 N–H and O–H groups in total. The first-order chi connectivity index (χ1) is 13.8. The molecule has 29 heavy (non-hydrogen) atoms. The van der Waals surface area contributed by atoms with Crippen LogP contribution in [0.25, 0.3) is 0 Å². The van der Waals surface area contributed by atoms with E-state index in [-0.39, 0.29) is 11.6 Å². The zero-order chi connectivity index (χ0) is 21.0. The third-order valence-electron chi connectivity index (χ3n) is 3.86. The van der Waals surface area contributed by atoms with Gasteiger partial charge in [0.05, 0.1) is 5.69 Å². The van der Waals surface area contributed by atoms with E-state index in [4.69, 9.17) is 11.6 Å². The van der Waals surface area contributed by atoms with Gasteiger partial charge in [0.1, 0.15) is 0 Å². The van der Waals surface area contributed by atoms with Crippen molar-refractivity contribution in [2.45, 2.75) is 32.4 Å². The molecule has 0 radical (unpaired) electrons. The van der Waals surface area contributed by atoms with Gasteiger partial charge < -0.3 is 5.32 Å². The second kappa shape index (κ2) is 8.67. The van der Waals surface area contributed by atoms with Crippen molar-refractivity contribution in [2.24, 2.45) is 0 Å². The lowest BCUT2D eigenvalue weighted by atomic mass is 10.0. The molecule has 0 bridgehead atoms. The summed E-state index contributed by atoms with van der Waals surface area (Å²) in [4.78, 5) is 32.4. The summed E-state index contributed by atoms with van der Waals surface area (Å²) in [5, 5.41) is 8.81. The Labute approximate surface area is 177 Å². The van der Waals surface area contributed by atoms with E-state index in [2.05, 4.69) is 19.9 Å². The first-order valence-electron chi connectivity index (χ1n) is 8.85. The van der Waals surface area contributed by atoms with Gasteiger partial charge in [0.25, 0.3) is 5.91 Å². The Morgan fingerprint density at radius 1 is 1.17 bits per heavy atom. The van der Waals surface area contributed by atoms with E-state index in [1.807, 2.05) is 20.8 Å². The maximum Gasteiger partial charge on any atom is 0.280 e. The van der Waals surface area contributed by atoms with Crippen LogP contribution < -0.4 is 10.2 Å². The third kappa shape index (κ3) is 5.16. The first kappa shape index (κ1) is 20.9. The molecule has 0 saturated heterocycles. The largest absolute Gasteiger partial charge is 0.349 e. The summed E-state index contributed by atoms with van der Waals surface area (Å²) in [5.74, 6) is -0.839. The molecular formula is C20H20ClN5O2S. The molecule has 2 heterocycles. The van der Waals surface area contributed by atoms with Gasteiger partial charge >= 0.3 is 0 Å². The van der Waals surface area contributed by atoms with Gasteiger partial charge in [-0.05, 0) is 62.6 Å². The predicted molar refractivity (Wildman–Crippen MR) is 113 cm³/mol. The lowest BCUT2D eigenvalue weighted by molar-refractivity contribution is -0.124. The maximum absolute atomic E-state index is 13.4. The fourth-order valence-corrected chi connectivity index (χ4v) is 3.36. The monoisotopic (exact) mass is 429 g/mol. The number of hydrogen-bond donors (Lipinski definition) is 1. The minimum absolute atomic E-state index is 0.138. The van der Waals surface area contributed by atoms with Crippen molar-refractivity contribution in [3.05, 3.63) is 70.5 Å². The van der Waals surface area contributed by atoms with E-state index in [1.165, 1.54) is 10.3 Å². The van der Waals surface area contributed by atoms with Crippen molar-refractivity contribution in [1.29, 1.82) is 0 Å². The second-order valence-electron chi connectivity index (χ2n) is 7.34. The topological polar surface area (TPSA) is 88.1 Å². The number of aromatic nitrogens is 3. The number of carbonyl (C=O) groups excluding carboxylic acids is 2. The summed E-state index contributed by atoms with van der Waals surface area (Å²) in [6.07, 6.45) is 1.58. The molecule has 3 rings (SSSR count). The summed E-state index contributed by atoms with van der Waals surface area (Å²) in [6, 6.07) is 10.9. The lowest BCUT2D eigenvalue weighted by Crippen LogP contribution is -2.49. The van der Waals surface area contributed by atoms with E-state index < -0.39 is 17.5 Å². The van der Waals surface area contributed by atoms with E-state index in [9.17, 15) is 9.59 Å². The molecule has 2 aromatic heterocycles. The van der Waals surface area contributed by atoms with Gasteiger partial charge in [-0.25, -0.2) is 0 Å². The number of anilines is 1. The van der Waals surface area contributed by atoms with Crippen molar-refractivity contribution in [2.75, 3.05) is 4.90 Å². The summed E-state index contributed by atoms with van der Waals surface area (Å²) in [7, 11) is 0. The van der Waals surface area contributed by atoms with Gasteiger partial charge in [-0.15, -0.1) is 5.10 Å². The molecule has 9 heteroatoms. The Balaban J connectivity index is 2.16. The number of amides is 2. The van der Waals surface area contributed by atoms with Crippen LogP contribution in [0.3, 0.4) is 0 Å². The fraction of sp³-hybridized carbons (Fsp3) is 0.250. The van der Waals surface area contributed by atoms with Crippen LogP contribution in [0, 0.1) is 0 Å². The molecule has 0 saturated carbocycles. The second-order valence-corrected chi connectivity index (χ2v) is 8.39. The van der Waals surface area contributed by atoms with Gasteiger partial charge in [0, 0.05) is 27.8 Å². The smallest absolute Gasteiger partial charge is 0.280 e. The molecule has 150 valence electrons. The summed E-state index contributed by atoms with van der Waals surface area (Å²) in [6.45, 7) is 5.61. The Hall–Kier alpha value is -2.84. The average molecular weight is 430 g/mol. The third-order valence-corrected chi connectivity index (χ3v) is 4.60. The number of pyridine rings is 1. The minimum atomic E-state index is -1.02. The highest BCUT2D eigenvalue weighted by Gasteiger charge is 2.36. The van der Waals surface area contributed by atoms with Crippen LogP contribution in [0.1, 0.15) is 43.0 Å². The van der Waals surface area contributed by atoms with Gasteiger partial charge in [0.15, 0.2) is 11.7 Å². The molecule has 0 fully saturated rings. The Bertz CT molecular complexity index is 990. The van der Waals surface area contributed by atoms with E-state index in [1.54, 1.807) is 48.7 Å². The van der Waals surface area contributed by atoms with Crippen LogP contribution >= 0.6 is 23.1 Å². The van der Waals surface area contributed by atoms with E-state index in [0.717, 1.165) is 11.5 Å². The first-order valence-corrected chi connectivity index (χ1v) is 10.1. The zero-order valence-corrected chi connectivity index (χ0v) is 17.7. The van der Waals surface area contributed by atoms with Gasteiger partial charge in [-0.2, -0.15) is 0 Å². The molecule has 2 amide bonds. The van der Waals surface area contributed by atoms with Crippen molar-refractivity contribution in [1.82, 2.24) is 19.9 Å². The van der Waals surface area contributed by atoms with E-state index in [0.29, 0.717) is 16.4 Å². The quantitative estimate of drug-likeness (QED) is 0.664. The number of benzene rings is 1. The number of halogens is 1. The van der Waals surface area contributed by atoms with Crippen molar-refractivity contribution < 1.29 is 9.59 Å². The number of rotatable bonds is 5. The Morgan fingerprint density at radius 3 is 2.55 bits per heavy atom. The molecule has 1 atom stereocenters. The SMILES string of the molecule is CC(C)(C)NC(=O)[C@@H](c1ccccn1)N(C(=O)c1csnn1)c1cccc(Cl)c1. The number of hydrogen-bond acceptors (Lipinski definition) is 6. The lowest BCUT2D eigenvalue weighted by Gasteiger charge is -2.32. The molecule has 0 spiro atoms. The molecule has 0 aliphatic heterocycles. The molecule has 7 nitrogen and oxygen atoms in total. The number of nitrogens with zero attached hydrogens (tertiary/aromatic N) is 4. The molecule has 3 aromatic rings. The Kier molecular flexibility index (Phi) is 6.24. The van der Waals surface area contributed by atoms with Crippen molar-refractivity contribution >= 4 is 40.6 Å². The van der Waals surface area contributed by atoms with Crippen LogP contribution in [-0.2, 0) is 4.79 Å². The van der Waals surface area contributed by atoms with Crippen LogP contribution in [0.5, 0.6) is 0 Å². The van der Waals surface area contributed by atoms with Crippen LogP contribution in [-0.4, -0.2) is 31.9 Å². The average Bonchev–Trinajstić information content (AvgIpc) is 3.19. The number of carbonyl (C=O) groups is 2. The summed E-state index contributed by atoms with van der Waals surface area (Å²) < 4.78 is 3.78. The van der Waals surface area contributed by atoms with E-state index >= 15 is 0 Å². The van der Waals surface area contributed by atoms with Gasteiger partial charge in [-0.3, -0.25) is 19.5 Å². The molecular weight excluding hydrogens is 410 g/mol. The standard InChI is InChI=1S/C20H20ClN5O2S/c1-20(2,3)23-18(27)17(15-9-4-5-10-22-15)26(14-8-6-7-13(21)11-14)19(28)16-12-29-25-24-16/h4-12,17H,1-3H3,(H,23,27)/t17-/m1/s1. The van der Waals surface area contributed by atoms with Crippen LogP contribution in [0.4, 0.5) is 5.69 Å². The highest BCUT2D eigenvalue weighted by Crippen LogP contribution is 2.30. The molecule has 1 aromatic carbocycles. The maximum atomic E-state index is 13.4. The highest BCUT2D eigenvalue weighted by atomic mass is 35.5. The molecule has 0 aliphatic carbocycles. The van der Waals surface area contributed by atoms with Crippen LogP contribution in [0.15, 0.2) is 54.0 Å². The van der Waals surface area contributed by atoms with Gasteiger partial charge in [0.2, 0.25) is 5.91 Å². The summed E-state index contributed by atoms with van der Waals surface area (Å²) >= 11 is 7.23. The van der Waals surface area contributed by atoms with Gasteiger partial charge in [-0.1, -0.05) is 28.2 Å². The molecule has 0 unspecified atom stereocenters. The zero-order valence-electron chi connectivity index (χ0n) is 16.2. The van der Waals surface area contributed by atoms with Crippen molar-refractivity contribution in [3.8, 4) is 0 Å². The highest BCUT2D eigenvalue weighted by molar-refractivity contribution is 7.03. The number of nitrogens with one attached hydrogen (secondary N) is 1. The fourth-order valence-electron chi connectivity index (χ4n) is 2.75. The molecule has 0 aliphatic rings.